The molecule has 2 aromatic rings. The molecule has 0 bridgehead atoms. The fourth-order valence-electron chi connectivity index (χ4n) is 2.32. The maximum Gasteiger partial charge on any atom is 0.127 e. The van der Waals surface area contributed by atoms with Gasteiger partial charge in [-0.15, -0.1) is 5.10 Å². The lowest BCUT2D eigenvalue weighted by Gasteiger charge is -2.08. The first-order valence-electron chi connectivity index (χ1n) is 6.24. The van der Waals surface area contributed by atoms with Crippen molar-refractivity contribution in [1.29, 1.82) is 0 Å². The molecule has 6 heteroatoms. The molecule has 19 heavy (non-hydrogen) atoms. The van der Waals surface area contributed by atoms with E-state index < -0.39 is 0 Å². The smallest absolute Gasteiger partial charge is 0.127 e. The van der Waals surface area contributed by atoms with Crippen molar-refractivity contribution in [2.45, 2.75) is 19.5 Å². The first-order valence-corrected chi connectivity index (χ1v) is 6.62. The summed E-state index contributed by atoms with van der Waals surface area (Å²) in [7, 11) is 1.89. The predicted octanol–water partition coefficient (Wildman–Crippen LogP) is 1.63. The Bertz CT molecular complexity index is 596. The molecule has 1 N–H and O–H groups in total. The van der Waals surface area contributed by atoms with Crippen LogP contribution in [0.3, 0.4) is 0 Å². The Balaban J connectivity index is 1.86. The molecule has 1 aromatic heterocycles. The van der Waals surface area contributed by atoms with Crippen molar-refractivity contribution in [2.24, 2.45) is 0 Å². The van der Waals surface area contributed by atoms with Crippen LogP contribution in [0, 0.1) is 0 Å². The summed E-state index contributed by atoms with van der Waals surface area (Å²) in [6, 6.07) is 3.91. The molecule has 100 valence electrons. The average Bonchev–Trinajstić information content (AvgIpc) is 2.98. The molecule has 3 rings (SSSR count). The Morgan fingerprint density at radius 2 is 2.37 bits per heavy atom. The number of nitrogens with one attached hydrogen (secondary N) is 1. The zero-order valence-electron chi connectivity index (χ0n) is 10.7. The van der Waals surface area contributed by atoms with E-state index in [-0.39, 0.29) is 0 Å². The lowest BCUT2D eigenvalue weighted by atomic mass is 10.1. The van der Waals surface area contributed by atoms with Crippen LogP contribution in [0.2, 0.25) is 5.02 Å². The quantitative estimate of drug-likeness (QED) is 0.924. The Kier molecular flexibility index (Phi) is 3.40. The lowest BCUT2D eigenvalue weighted by Crippen LogP contribution is -2.05. The van der Waals surface area contributed by atoms with Crippen molar-refractivity contribution in [2.75, 3.05) is 13.7 Å². The molecule has 0 unspecified atom stereocenters. The minimum atomic E-state index is 0.625. The number of halogens is 1. The van der Waals surface area contributed by atoms with Crippen LogP contribution in [0.25, 0.3) is 0 Å². The van der Waals surface area contributed by atoms with Gasteiger partial charge in [0.1, 0.15) is 5.75 Å². The van der Waals surface area contributed by atoms with Gasteiger partial charge >= 0.3 is 0 Å². The zero-order chi connectivity index (χ0) is 13.2. The van der Waals surface area contributed by atoms with E-state index in [2.05, 4.69) is 15.6 Å². The number of fused-ring (bicyclic) bond motifs is 1. The lowest BCUT2D eigenvalue weighted by molar-refractivity contribution is 0.352. The second-order valence-electron chi connectivity index (χ2n) is 4.59. The van der Waals surface area contributed by atoms with Crippen molar-refractivity contribution >= 4 is 11.6 Å². The van der Waals surface area contributed by atoms with Crippen molar-refractivity contribution in [1.82, 2.24) is 20.3 Å². The van der Waals surface area contributed by atoms with E-state index in [1.165, 1.54) is 5.56 Å². The third-order valence-corrected chi connectivity index (χ3v) is 3.32. The van der Waals surface area contributed by atoms with Gasteiger partial charge in [-0.3, -0.25) is 0 Å². The molecule has 0 saturated carbocycles. The molecule has 1 aromatic carbocycles. The molecule has 5 nitrogen and oxygen atoms in total. The highest BCUT2D eigenvalue weighted by Gasteiger charge is 2.18. The molecule has 0 fully saturated rings. The van der Waals surface area contributed by atoms with Crippen LogP contribution < -0.4 is 10.1 Å². The maximum absolute atomic E-state index is 6.14. The number of aromatic nitrogens is 3. The topological polar surface area (TPSA) is 52.0 Å². The summed E-state index contributed by atoms with van der Waals surface area (Å²) in [5.41, 5.74) is 3.15. The molecule has 2 heterocycles. The van der Waals surface area contributed by atoms with E-state index in [9.17, 15) is 0 Å². The van der Waals surface area contributed by atoms with E-state index >= 15 is 0 Å². The third kappa shape index (κ3) is 2.57. The van der Waals surface area contributed by atoms with Crippen molar-refractivity contribution in [3.63, 3.8) is 0 Å². The van der Waals surface area contributed by atoms with Gasteiger partial charge in [0.05, 0.1) is 25.0 Å². The van der Waals surface area contributed by atoms with Gasteiger partial charge in [0.2, 0.25) is 0 Å². The van der Waals surface area contributed by atoms with E-state index in [1.54, 1.807) is 4.68 Å². The molecule has 1 aliphatic rings. The van der Waals surface area contributed by atoms with Crippen molar-refractivity contribution in [3.05, 3.63) is 40.2 Å². The van der Waals surface area contributed by atoms with Gasteiger partial charge in [0.15, 0.2) is 0 Å². The Hall–Kier alpha value is -1.59. The van der Waals surface area contributed by atoms with E-state index in [4.69, 9.17) is 16.3 Å². The molecule has 0 amide bonds. The standard InChI is InChI=1S/C13H15ClN4O/c1-15-6-12-8-18(17-16-12)7-10-5-11(14)4-9-2-3-19-13(9)10/h4-5,8,15H,2-3,6-7H2,1H3. The Morgan fingerprint density at radius 1 is 1.47 bits per heavy atom. The van der Waals surface area contributed by atoms with Gasteiger partial charge in [-0.2, -0.15) is 0 Å². The minimum absolute atomic E-state index is 0.625. The summed E-state index contributed by atoms with van der Waals surface area (Å²) in [5.74, 6) is 0.954. The fraction of sp³-hybridized carbons (Fsp3) is 0.385. The number of ether oxygens (including phenoxy) is 1. The van der Waals surface area contributed by atoms with Crippen LogP contribution in [-0.2, 0) is 19.5 Å². The Labute approximate surface area is 116 Å². The van der Waals surface area contributed by atoms with E-state index in [1.807, 2.05) is 25.4 Å². The number of hydrogen-bond donors (Lipinski definition) is 1. The van der Waals surface area contributed by atoms with Crippen LogP contribution in [0.4, 0.5) is 0 Å². The molecular formula is C13H15ClN4O. The van der Waals surface area contributed by atoms with Gasteiger partial charge in [-0.1, -0.05) is 16.8 Å². The van der Waals surface area contributed by atoms with Gasteiger partial charge < -0.3 is 10.1 Å². The van der Waals surface area contributed by atoms with Crippen LogP contribution in [-0.4, -0.2) is 28.6 Å². The summed E-state index contributed by atoms with van der Waals surface area (Å²) in [6.45, 7) is 2.06. The molecule has 0 radical (unpaired) electrons. The van der Waals surface area contributed by atoms with Gasteiger partial charge in [-0.25, -0.2) is 4.68 Å². The van der Waals surface area contributed by atoms with Crippen LogP contribution in [0.5, 0.6) is 5.75 Å². The minimum Gasteiger partial charge on any atom is -0.493 e. The van der Waals surface area contributed by atoms with E-state index in [0.29, 0.717) is 13.1 Å². The summed E-state index contributed by atoms with van der Waals surface area (Å²) >= 11 is 6.14. The second kappa shape index (κ2) is 5.19. The van der Waals surface area contributed by atoms with E-state index in [0.717, 1.165) is 35.1 Å². The Morgan fingerprint density at radius 3 is 3.21 bits per heavy atom. The number of benzene rings is 1. The first kappa shape index (κ1) is 12.4. The summed E-state index contributed by atoms with van der Waals surface area (Å²) < 4.78 is 7.48. The van der Waals surface area contributed by atoms with Crippen LogP contribution in [0.1, 0.15) is 16.8 Å². The average molecular weight is 279 g/mol. The van der Waals surface area contributed by atoms with Crippen LogP contribution >= 0.6 is 11.6 Å². The number of nitrogens with zero attached hydrogens (tertiary/aromatic N) is 3. The fourth-order valence-corrected chi connectivity index (χ4v) is 2.58. The normalized spacial score (nSPS) is 13.4. The maximum atomic E-state index is 6.14. The first-order chi connectivity index (χ1) is 9.26. The monoisotopic (exact) mass is 278 g/mol. The molecule has 1 aliphatic heterocycles. The van der Waals surface area contributed by atoms with Crippen LogP contribution in [0.15, 0.2) is 18.3 Å². The van der Waals surface area contributed by atoms with Gasteiger partial charge in [0, 0.05) is 23.6 Å². The second-order valence-corrected chi connectivity index (χ2v) is 5.03. The van der Waals surface area contributed by atoms with Crippen molar-refractivity contribution in [3.8, 4) is 5.75 Å². The molecule has 0 aliphatic carbocycles. The highest BCUT2D eigenvalue weighted by molar-refractivity contribution is 6.30. The number of rotatable bonds is 4. The molecule has 0 saturated heterocycles. The summed E-state index contributed by atoms with van der Waals surface area (Å²) in [6.07, 6.45) is 2.85. The highest BCUT2D eigenvalue weighted by Crippen LogP contribution is 2.33. The van der Waals surface area contributed by atoms with Crippen molar-refractivity contribution < 1.29 is 4.74 Å². The third-order valence-electron chi connectivity index (χ3n) is 3.10. The largest absolute Gasteiger partial charge is 0.493 e. The van der Waals surface area contributed by atoms with Gasteiger partial charge in [0.25, 0.3) is 0 Å². The summed E-state index contributed by atoms with van der Waals surface area (Å²) in [5, 5.41) is 12.0. The summed E-state index contributed by atoms with van der Waals surface area (Å²) in [4.78, 5) is 0. The van der Waals surface area contributed by atoms with Gasteiger partial charge in [-0.05, 0) is 24.7 Å². The SMILES string of the molecule is CNCc1cn(Cc2cc(Cl)cc3c2OCC3)nn1. The highest BCUT2D eigenvalue weighted by atomic mass is 35.5. The molecular weight excluding hydrogens is 264 g/mol. The molecule has 0 atom stereocenters. The predicted molar refractivity (Wildman–Crippen MR) is 72.5 cm³/mol. The molecule has 0 spiro atoms. The number of hydrogen-bond acceptors (Lipinski definition) is 4. The zero-order valence-corrected chi connectivity index (χ0v) is 11.4.